The maximum absolute atomic E-state index is 14.0. The molecule has 5 saturated carbocycles. The van der Waals surface area contributed by atoms with Crippen molar-refractivity contribution in [2.24, 2.45) is 39.9 Å². The largest absolute Gasteiger partial charge is 0.465 e. The fourth-order valence-corrected chi connectivity index (χ4v) is 8.07. The summed E-state index contributed by atoms with van der Waals surface area (Å²) in [6.07, 6.45) is 4.09. The zero-order valence-electron chi connectivity index (χ0n) is 19.3. The minimum absolute atomic E-state index is 0.0318. The number of ketones is 2. The highest BCUT2D eigenvalue weighted by Gasteiger charge is 2.74. The first-order valence-corrected chi connectivity index (χ1v) is 11.7. The van der Waals surface area contributed by atoms with Crippen molar-refractivity contribution < 1.29 is 33.8 Å². The molecule has 2 bridgehead atoms. The lowest BCUT2D eigenvalue weighted by molar-refractivity contribution is -0.223. The summed E-state index contributed by atoms with van der Waals surface area (Å²) in [5.74, 6) is -2.58. The van der Waals surface area contributed by atoms with E-state index >= 15 is 0 Å². The zero-order valence-corrected chi connectivity index (χ0v) is 19.3. The van der Waals surface area contributed by atoms with Gasteiger partial charge < -0.3 is 14.6 Å². The number of hydrogen-bond donors (Lipinski definition) is 1. The van der Waals surface area contributed by atoms with Gasteiger partial charge in [0.2, 0.25) is 0 Å². The normalized spacial score (nSPS) is 42.8. The molecule has 5 aliphatic rings. The second kappa shape index (κ2) is 7.79. The highest BCUT2D eigenvalue weighted by molar-refractivity contribution is 6.17. The highest BCUT2D eigenvalue weighted by Crippen LogP contribution is 2.71. The topological polar surface area (TPSA) is 107 Å². The van der Waals surface area contributed by atoms with E-state index in [4.69, 9.17) is 9.47 Å². The highest BCUT2D eigenvalue weighted by atomic mass is 16.5. The maximum Gasteiger partial charge on any atom is 0.302 e. The van der Waals surface area contributed by atoms with Crippen molar-refractivity contribution in [2.45, 2.75) is 59.3 Å². The Hall–Kier alpha value is -2.02. The molecule has 0 aliphatic heterocycles. The first-order valence-electron chi connectivity index (χ1n) is 11.7. The van der Waals surface area contributed by atoms with Gasteiger partial charge >= 0.3 is 11.9 Å². The molecule has 0 aromatic heterocycles. The predicted octanol–water partition coefficient (Wildman–Crippen LogP) is 2.64. The lowest BCUT2D eigenvalue weighted by Crippen LogP contribution is -2.72. The van der Waals surface area contributed by atoms with Crippen LogP contribution in [0.1, 0.15) is 59.3 Å². The van der Waals surface area contributed by atoms with Crippen LogP contribution in [0.4, 0.5) is 0 Å². The molecule has 0 radical (unpaired) electrons. The van der Waals surface area contributed by atoms with E-state index in [9.17, 15) is 24.3 Å². The van der Waals surface area contributed by atoms with Gasteiger partial charge in [0.1, 0.15) is 0 Å². The van der Waals surface area contributed by atoms with Gasteiger partial charge in [0.15, 0.2) is 11.6 Å². The van der Waals surface area contributed by atoms with Crippen LogP contribution in [0, 0.1) is 39.9 Å². The predicted molar refractivity (Wildman–Crippen MR) is 114 cm³/mol. The summed E-state index contributed by atoms with van der Waals surface area (Å²) in [7, 11) is 0. The Balaban J connectivity index is 1.89. The number of fused-ring (bicyclic) bond motifs is 3. The Morgan fingerprint density at radius 3 is 2.38 bits per heavy atom. The number of carbonyl (C=O) groups is 4. The number of rotatable bonds is 5. The first-order chi connectivity index (χ1) is 15.0. The first kappa shape index (κ1) is 23.1. The van der Waals surface area contributed by atoms with Gasteiger partial charge in [-0.1, -0.05) is 19.9 Å². The average Bonchev–Trinajstić information content (AvgIpc) is 2.75. The van der Waals surface area contributed by atoms with Crippen molar-refractivity contribution >= 4 is 23.5 Å². The summed E-state index contributed by atoms with van der Waals surface area (Å²) in [4.78, 5) is 51.2. The van der Waals surface area contributed by atoms with E-state index in [0.29, 0.717) is 24.8 Å². The Bertz CT molecular complexity index is 878. The summed E-state index contributed by atoms with van der Waals surface area (Å²) in [5, 5.41) is 10.5. The molecule has 1 N–H and O–H groups in total. The maximum atomic E-state index is 14.0. The van der Waals surface area contributed by atoms with Crippen LogP contribution in [0.3, 0.4) is 0 Å². The standard InChI is InChI=1S/C25H34O7/c1-14-17-6-9-25(21(14)29)19(10-17)24(13-32-16(3)28)8-5-7-23(4,12-31-15(2)27)20(24)18(11-26)22(25)30/h17-20,26H,1,5-13H2,2-4H3/t17-,18?,19?,20?,23-,24+,25-/m0/s1. The molecule has 5 rings (SSSR count). The third-order valence-electron chi connectivity index (χ3n) is 9.17. The molecule has 0 saturated heterocycles. The molecule has 32 heavy (non-hydrogen) atoms. The van der Waals surface area contributed by atoms with Gasteiger partial charge in [-0.25, -0.2) is 0 Å². The van der Waals surface area contributed by atoms with E-state index in [1.54, 1.807) is 0 Å². The summed E-state index contributed by atoms with van der Waals surface area (Å²) in [5.41, 5.74) is -1.90. The van der Waals surface area contributed by atoms with Crippen LogP contribution < -0.4 is 0 Å². The average molecular weight is 447 g/mol. The van der Waals surface area contributed by atoms with Crippen LogP contribution in [0.5, 0.6) is 0 Å². The lowest BCUT2D eigenvalue weighted by atomic mass is 9.34. The van der Waals surface area contributed by atoms with Gasteiger partial charge in [-0.05, 0) is 55.4 Å². The SMILES string of the molecule is C=C1C(=O)[C@]23CC[C@H]1CC2[C@]1(COC(C)=O)CCC[C@@](C)(COC(C)=O)C1C(CO)C3=O. The fraction of sp³-hybridized carbons (Fsp3) is 0.760. The zero-order chi connectivity index (χ0) is 23.5. The number of Topliss-reactive ketones (excluding diaryl/α,β-unsaturated/α-hetero) is 2. The van der Waals surface area contributed by atoms with Crippen molar-refractivity contribution in [1.82, 2.24) is 0 Å². The molecule has 7 nitrogen and oxygen atoms in total. The van der Waals surface area contributed by atoms with Crippen molar-refractivity contribution in [1.29, 1.82) is 0 Å². The lowest BCUT2D eigenvalue weighted by Gasteiger charge is -2.68. The molecule has 7 atom stereocenters. The number of aliphatic hydroxyl groups excluding tert-OH is 1. The minimum Gasteiger partial charge on any atom is -0.465 e. The second-order valence-electron chi connectivity index (χ2n) is 10.8. The van der Waals surface area contributed by atoms with Gasteiger partial charge in [0.25, 0.3) is 0 Å². The molecule has 0 amide bonds. The van der Waals surface area contributed by atoms with Gasteiger partial charge in [0.05, 0.1) is 25.2 Å². The molecule has 176 valence electrons. The second-order valence-corrected chi connectivity index (χ2v) is 10.8. The van der Waals surface area contributed by atoms with E-state index < -0.39 is 40.7 Å². The molecule has 3 unspecified atom stereocenters. The van der Waals surface area contributed by atoms with Crippen molar-refractivity contribution in [2.75, 3.05) is 19.8 Å². The fourth-order valence-electron chi connectivity index (χ4n) is 8.07. The summed E-state index contributed by atoms with van der Waals surface area (Å²) < 4.78 is 11.1. The van der Waals surface area contributed by atoms with Crippen LogP contribution >= 0.6 is 0 Å². The van der Waals surface area contributed by atoms with E-state index in [0.717, 1.165) is 19.3 Å². The molecule has 5 fully saturated rings. The van der Waals surface area contributed by atoms with E-state index in [-0.39, 0.29) is 42.5 Å². The van der Waals surface area contributed by atoms with Crippen LogP contribution in [0.25, 0.3) is 0 Å². The molecule has 5 aliphatic carbocycles. The number of ether oxygens (including phenoxy) is 2. The summed E-state index contributed by atoms with van der Waals surface area (Å²) in [6, 6.07) is 0. The molecule has 0 aromatic rings. The Morgan fingerprint density at radius 1 is 1.09 bits per heavy atom. The van der Waals surface area contributed by atoms with Gasteiger partial charge in [0, 0.05) is 30.6 Å². The molecular formula is C25H34O7. The van der Waals surface area contributed by atoms with Gasteiger partial charge in [-0.2, -0.15) is 0 Å². The summed E-state index contributed by atoms with van der Waals surface area (Å²) >= 11 is 0. The number of carbonyl (C=O) groups excluding carboxylic acids is 4. The Morgan fingerprint density at radius 2 is 1.75 bits per heavy atom. The molecule has 0 heterocycles. The van der Waals surface area contributed by atoms with Gasteiger partial charge in [-0.3, -0.25) is 19.2 Å². The third kappa shape index (κ3) is 3.03. The Kier molecular flexibility index (Phi) is 5.63. The number of allylic oxidation sites excluding steroid dienone is 1. The van der Waals surface area contributed by atoms with E-state index in [1.165, 1.54) is 13.8 Å². The number of esters is 2. The molecule has 1 spiro atoms. The number of hydrogen-bond acceptors (Lipinski definition) is 7. The molecule has 7 heteroatoms. The quantitative estimate of drug-likeness (QED) is 0.393. The molecular weight excluding hydrogens is 412 g/mol. The van der Waals surface area contributed by atoms with E-state index in [1.807, 2.05) is 6.92 Å². The molecule has 0 aromatic carbocycles. The van der Waals surface area contributed by atoms with Crippen molar-refractivity contribution in [3.8, 4) is 0 Å². The van der Waals surface area contributed by atoms with Crippen molar-refractivity contribution in [3.05, 3.63) is 12.2 Å². The number of aliphatic hydroxyl groups is 1. The smallest absolute Gasteiger partial charge is 0.302 e. The third-order valence-corrected chi connectivity index (χ3v) is 9.17. The summed E-state index contributed by atoms with van der Waals surface area (Å²) in [6.45, 7) is 8.57. The van der Waals surface area contributed by atoms with Crippen LogP contribution in [0.15, 0.2) is 12.2 Å². The van der Waals surface area contributed by atoms with Crippen LogP contribution in [-0.4, -0.2) is 48.4 Å². The Labute approximate surface area is 188 Å². The minimum atomic E-state index is -1.20. The monoisotopic (exact) mass is 446 g/mol. The van der Waals surface area contributed by atoms with Crippen molar-refractivity contribution in [3.63, 3.8) is 0 Å². The van der Waals surface area contributed by atoms with E-state index in [2.05, 4.69) is 6.58 Å². The van der Waals surface area contributed by atoms with Gasteiger partial charge in [-0.15, -0.1) is 0 Å². The van der Waals surface area contributed by atoms with Crippen LogP contribution in [-0.2, 0) is 28.7 Å². The van der Waals surface area contributed by atoms with Crippen LogP contribution in [0.2, 0.25) is 0 Å².